The van der Waals surface area contributed by atoms with Gasteiger partial charge in [-0.3, -0.25) is 4.57 Å². The SMILES string of the molecule is CC(C)(C)OC(=O)n1cc2cc3ccccc3nc2c1. The number of carbonyl (C=O) groups excluding carboxylic acids is 1. The average Bonchev–Trinajstić information content (AvgIpc) is 2.76. The molecule has 102 valence electrons. The molecule has 0 unspecified atom stereocenters. The summed E-state index contributed by atoms with van der Waals surface area (Å²) >= 11 is 0. The van der Waals surface area contributed by atoms with E-state index in [1.54, 1.807) is 12.4 Å². The molecule has 0 radical (unpaired) electrons. The zero-order valence-electron chi connectivity index (χ0n) is 11.8. The molecule has 0 aliphatic carbocycles. The van der Waals surface area contributed by atoms with Crippen molar-refractivity contribution in [3.8, 4) is 0 Å². The summed E-state index contributed by atoms with van der Waals surface area (Å²) in [7, 11) is 0. The van der Waals surface area contributed by atoms with Crippen molar-refractivity contribution in [3.05, 3.63) is 42.7 Å². The summed E-state index contributed by atoms with van der Waals surface area (Å²) in [5.41, 5.74) is 1.20. The van der Waals surface area contributed by atoms with Gasteiger partial charge in [0, 0.05) is 23.2 Å². The molecule has 0 spiro atoms. The molecule has 20 heavy (non-hydrogen) atoms. The molecule has 0 fully saturated rings. The highest BCUT2D eigenvalue weighted by Crippen LogP contribution is 2.21. The number of ether oxygens (including phenoxy) is 1. The van der Waals surface area contributed by atoms with Crippen LogP contribution in [0.2, 0.25) is 0 Å². The van der Waals surface area contributed by atoms with E-state index in [1.165, 1.54) is 4.57 Å². The number of pyridine rings is 1. The van der Waals surface area contributed by atoms with Crippen LogP contribution in [-0.4, -0.2) is 21.2 Å². The fourth-order valence-electron chi connectivity index (χ4n) is 2.09. The minimum absolute atomic E-state index is 0.389. The van der Waals surface area contributed by atoms with Gasteiger partial charge >= 0.3 is 6.09 Å². The predicted molar refractivity (Wildman–Crippen MR) is 78.9 cm³/mol. The number of hydrogen-bond acceptors (Lipinski definition) is 3. The van der Waals surface area contributed by atoms with Gasteiger partial charge in [0.25, 0.3) is 0 Å². The molecule has 0 atom stereocenters. The summed E-state index contributed by atoms with van der Waals surface area (Å²) < 4.78 is 6.79. The highest BCUT2D eigenvalue weighted by molar-refractivity contribution is 5.94. The first-order chi connectivity index (χ1) is 9.42. The number of aromatic nitrogens is 2. The third-order valence-electron chi connectivity index (χ3n) is 2.93. The van der Waals surface area contributed by atoms with E-state index in [1.807, 2.05) is 51.1 Å². The quantitative estimate of drug-likeness (QED) is 0.619. The predicted octanol–water partition coefficient (Wildman–Crippen LogP) is 3.97. The van der Waals surface area contributed by atoms with Gasteiger partial charge in [-0.2, -0.15) is 0 Å². The zero-order valence-corrected chi connectivity index (χ0v) is 11.8. The van der Waals surface area contributed by atoms with Crippen LogP contribution in [0.25, 0.3) is 21.8 Å². The molecule has 4 nitrogen and oxygen atoms in total. The van der Waals surface area contributed by atoms with Crippen LogP contribution >= 0.6 is 0 Å². The van der Waals surface area contributed by atoms with Crippen molar-refractivity contribution < 1.29 is 9.53 Å². The molecule has 3 aromatic rings. The van der Waals surface area contributed by atoms with Gasteiger partial charge in [0.15, 0.2) is 0 Å². The molecule has 0 aliphatic heterocycles. The van der Waals surface area contributed by atoms with E-state index in [0.717, 1.165) is 21.8 Å². The summed E-state index contributed by atoms with van der Waals surface area (Å²) in [5.74, 6) is 0. The number of hydrogen-bond donors (Lipinski definition) is 0. The third-order valence-corrected chi connectivity index (χ3v) is 2.93. The second-order valence-corrected chi connectivity index (χ2v) is 5.80. The number of carbonyl (C=O) groups is 1. The van der Waals surface area contributed by atoms with Gasteiger partial charge in [0.05, 0.1) is 11.0 Å². The number of nitrogens with zero attached hydrogens (tertiary/aromatic N) is 2. The van der Waals surface area contributed by atoms with Gasteiger partial charge in [-0.1, -0.05) is 18.2 Å². The van der Waals surface area contributed by atoms with Crippen LogP contribution in [0.5, 0.6) is 0 Å². The molecule has 2 aromatic heterocycles. The van der Waals surface area contributed by atoms with Crippen molar-refractivity contribution in [1.82, 2.24) is 9.55 Å². The maximum atomic E-state index is 12.0. The van der Waals surface area contributed by atoms with E-state index < -0.39 is 5.60 Å². The highest BCUT2D eigenvalue weighted by Gasteiger charge is 2.18. The van der Waals surface area contributed by atoms with E-state index >= 15 is 0 Å². The van der Waals surface area contributed by atoms with Crippen LogP contribution in [0.4, 0.5) is 4.79 Å². The smallest absolute Gasteiger partial charge is 0.418 e. The number of para-hydroxylation sites is 1. The van der Waals surface area contributed by atoms with Gasteiger partial charge in [0.2, 0.25) is 0 Å². The molecule has 2 heterocycles. The van der Waals surface area contributed by atoms with Crippen LogP contribution in [0, 0.1) is 0 Å². The van der Waals surface area contributed by atoms with E-state index in [4.69, 9.17) is 4.74 Å². The molecule has 0 aliphatic rings. The van der Waals surface area contributed by atoms with E-state index in [9.17, 15) is 4.79 Å². The van der Waals surface area contributed by atoms with Crippen LogP contribution in [0.1, 0.15) is 20.8 Å². The Labute approximate surface area is 117 Å². The summed E-state index contributed by atoms with van der Waals surface area (Å²) in [6, 6.07) is 9.91. The number of rotatable bonds is 0. The van der Waals surface area contributed by atoms with Crippen LogP contribution in [-0.2, 0) is 4.74 Å². The molecule has 0 N–H and O–H groups in total. The lowest BCUT2D eigenvalue weighted by Crippen LogP contribution is -2.26. The Balaban J connectivity index is 2.06. The topological polar surface area (TPSA) is 44.1 Å². The van der Waals surface area contributed by atoms with Crippen LogP contribution < -0.4 is 0 Å². The van der Waals surface area contributed by atoms with E-state index in [-0.39, 0.29) is 6.09 Å². The van der Waals surface area contributed by atoms with Gasteiger partial charge in [-0.25, -0.2) is 9.78 Å². The van der Waals surface area contributed by atoms with E-state index in [2.05, 4.69) is 4.98 Å². The summed E-state index contributed by atoms with van der Waals surface area (Å²) in [5, 5.41) is 1.98. The van der Waals surface area contributed by atoms with Crippen LogP contribution in [0.15, 0.2) is 42.7 Å². The molecule has 1 aromatic carbocycles. The van der Waals surface area contributed by atoms with Gasteiger partial charge in [-0.05, 0) is 32.9 Å². The second-order valence-electron chi connectivity index (χ2n) is 5.80. The van der Waals surface area contributed by atoms with Gasteiger partial charge < -0.3 is 4.74 Å². The number of benzene rings is 1. The van der Waals surface area contributed by atoms with Crippen molar-refractivity contribution in [2.45, 2.75) is 26.4 Å². The molecule has 3 rings (SSSR count). The van der Waals surface area contributed by atoms with Crippen LogP contribution in [0.3, 0.4) is 0 Å². The lowest BCUT2D eigenvalue weighted by Gasteiger charge is -2.19. The maximum Gasteiger partial charge on any atom is 0.418 e. The molecule has 0 bridgehead atoms. The maximum absolute atomic E-state index is 12.0. The zero-order chi connectivity index (χ0) is 14.3. The third kappa shape index (κ3) is 2.37. The summed E-state index contributed by atoms with van der Waals surface area (Å²) in [4.78, 5) is 16.6. The van der Waals surface area contributed by atoms with Crippen molar-refractivity contribution in [3.63, 3.8) is 0 Å². The molecule has 0 saturated carbocycles. The summed E-state index contributed by atoms with van der Waals surface area (Å²) in [6.07, 6.45) is 3.07. The Kier molecular flexibility index (Phi) is 2.74. The van der Waals surface area contributed by atoms with E-state index in [0.29, 0.717) is 0 Å². The lowest BCUT2D eigenvalue weighted by atomic mass is 10.2. The highest BCUT2D eigenvalue weighted by atomic mass is 16.6. The Bertz CT molecular complexity index is 744. The average molecular weight is 268 g/mol. The Morgan fingerprint density at radius 3 is 2.60 bits per heavy atom. The van der Waals surface area contributed by atoms with Gasteiger partial charge in [0.1, 0.15) is 5.60 Å². The fraction of sp³-hybridized carbons (Fsp3) is 0.250. The van der Waals surface area contributed by atoms with Gasteiger partial charge in [-0.15, -0.1) is 0 Å². The van der Waals surface area contributed by atoms with Crippen molar-refractivity contribution in [1.29, 1.82) is 0 Å². The van der Waals surface area contributed by atoms with Crippen molar-refractivity contribution in [2.24, 2.45) is 0 Å². The Morgan fingerprint density at radius 2 is 1.85 bits per heavy atom. The largest absolute Gasteiger partial charge is 0.443 e. The molecular weight excluding hydrogens is 252 g/mol. The fourth-order valence-corrected chi connectivity index (χ4v) is 2.09. The lowest BCUT2D eigenvalue weighted by molar-refractivity contribution is 0.0538. The minimum atomic E-state index is -0.508. The summed E-state index contributed by atoms with van der Waals surface area (Å²) in [6.45, 7) is 5.54. The Morgan fingerprint density at radius 1 is 1.10 bits per heavy atom. The van der Waals surface area contributed by atoms with Crippen molar-refractivity contribution >= 4 is 27.9 Å². The first-order valence-electron chi connectivity index (χ1n) is 6.53. The molecule has 0 saturated heterocycles. The van der Waals surface area contributed by atoms with Crippen molar-refractivity contribution in [2.75, 3.05) is 0 Å². The second kappa shape index (κ2) is 4.34. The monoisotopic (exact) mass is 268 g/mol. The Hall–Kier alpha value is -2.36. The normalized spacial score (nSPS) is 11.9. The number of fused-ring (bicyclic) bond motifs is 2. The molecule has 4 heteroatoms. The first kappa shape index (κ1) is 12.7. The molecular formula is C16H16N2O2. The molecule has 0 amide bonds. The minimum Gasteiger partial charge on any atom is -0.443 e. The first-order valence-corrected chi connectivity index (χ1v) is 6.53. The standard InChI is InChI=1S/C16H16N2O2/c1-16(2,3)20-15(19)18-9-12-8-11-6-4-5-7-13(11)17-14(12)10-18/h4-10H,1-3H3.